The van der Waals surface area contributed by atoms with Crippen LogP contribution in [0.15, 0.2) is 65.8 Å². The maximum atomic E-state index is 12.4. The number of nitrogens with zero attached hydrogens (tertiary/aromatic N) is 3. The third kappa shape index (κ3) is 5.60. The molecule has 0 aliphatic carbocycles. The van der Waals surface area contributed by atoms with Crippen molar-refractivity contribution >= 4 is 29.0 Å². The normalized spacial score (nSPS) is 11.7. The molecule has 0 aliphatic rings. The van der Waals surface area contributed by atoms with Crippen LogP contribution in [0.1, 0.15) is 16.7 Å². The lowest BCUT2D eigenvalue weighted by Crippen LogP contribution is -2.25. The number of aryl methyl sites for hydroxylation is 3. The van der Waals surface area contributed by atoms with E-state index in [2.05, 4.69) is 25.6 Å². The van der Waals surface area contributed by atoms with E-state index in [0.29, 0.717) is 16.9 Å². The van der Waals surface area contributed by atoms with Crippen molar-refractivity contribution in [2.45, 2.75) is 20.2 Å². The summed E-state index contributed by atoms with van der Waals surface area (Å²) in [6.45, 7) is 3.82. The number of rotatable bonds is 5. The number of carbonyl (C=O) groups is 1. The van der Waals surface area contributed by atoms with Gasteiger partial charge in [-0.25, -0.2) is 15.2 Å². The topological polar surface area (TPSA) is 80.5 Å². The number of urea groups is 1. The Morgan fingerprint density at radius 1 is 1.06 bits per heavy atom. The standard InChI is InChI=1S/C25H22F3N5O2/c1-15-5-4-6-16(2)22(15)31-24(34)32-29-14-17-7-12-20-21(13-17)33(3)23(30-20)18-8-10-19(11-9-18)35-25(26,27)28/h4-14H,1-3H3,(H2,31,32,34). The molecule has 180 valence electrons. The second-order valence-electron chi connectivity index (χ2n) is 7.91. The molecule has 0 saturated heterocycles. The van der Waals surface area contributed by atoms with E-state index in [1.165, 1.54) is 30.5 Å². The van der Waals surface area contributed by atoms with Crippen LogP contribution in [0.25, 0.3) is 22.4 Å². The van der Waals surface area contributed by atoms with Crippen molar-refractivity contribution in [2.24, 2.45) is 12.1 Å². The molecule has 0 bridgehead atoms. The number of hydrogen-bond acceptors (Lipinski definition) is 4. The zero-order valence-corrected chi connectivity index (χ0v) is 19.1. The van der Waals surface area contributed by atoms with Gasteiger partial charge in [-0.1, -0.05) is 24.3 Å². The Morgan fingerprint density at radius 2 is 1.74 bits per heavy atom. The average Bonchev–Trinajstić information content (AvgIpc) is 3.12. The smallest absolute Gasteiger partial charge is 0.406 e. The van der Waals surface area contributed by atoms with Crippen LogP contribution in [-0.4, -0.2) is 28.2 Å². The number of aromatic nitrogens is 2. The maximum absolute atomic E-state index is 12.4. The van der Waals surface area contributed by atoms with E-state index in [9.17, 15) is 18.0 Å². The molecular weight excluding hydrogens is 459 g/mol. The number of halogens is 3. The number of hydrazone groups is 1. The first-order valence-corrected chi connectivity index (χ1v) is 10.6. The molecule has 3 aromatic carbocycles. The van der Waals surface area contributed by atoms with Crippen LogP contribution in [0.3, 0.4) is 0 Å². The number of benzene rings is 3. The van der Waals surface area contributed by atoms with Crippen molar-refractivity contribution in [1.82, 2.24) is 15.0 Å². The fourth-order valence-corrected chi connectivity index (χ4v) is 3.67. The summed E-state index contributed by atoms with van der Waals surface area (Å²) in [6.07, 6.45) is -3.23. The Morgan fingerprint density at radius 3 is 2.40 bits per heavy atom. The number of ether oxygens (including phenoxy) is 1. The molecule has 0 saturated carbocycles. The Labute approximate surface area is 199 Å². The third-order valence-corrected chi connectivity index (χ3v) is 5.35. The van der Waals surface area contributed by atoms with Crippen molar-refractivity contribution in [3.05, 3.63) is 77.4 Å². The molecule has 0 fully saturated rings. The monoisotopic (exact) mass is 481 g/mol. The zero-order valence-electron chi connectivity index (χ0n) is 19.1. The largest absolute Gasteiger partial charge is 0.573 e. The quantitative estimate of drug-likeness (QED) is 0.275. The minimum absolute atomic E-state index is 0.298. The van der Waals surface area contributed by atoms with Gasteiger partial charge < -0.3 is 14.6 Å². The number of anilines is 1. The first kappa shape index (κ1) is 23.8. The Balaban J connectivity index is 1.48. The average molecular weight is 481 g/mol. The molecule has 0 atom stereocenters. The number of carbonyl (C=O) groups excluding carboxylic acids is 1. The van der Waals surface area contributed by atoms with Gasteiger partial charge in [0.05, 0.1) is 17.2 Å². The van der Waals surface area contributed by atoms with Crippen LogP contribution >= 0.6 is 0 Å². The van der Waals surface area contributed by atoms with Crippen molar-refractivity contribution in [3.63, 3.8) is 0 Å². The molecule has 4 aromatic rings. The lowest BCUT2D eigenvalue weighted by molar-refractivity contribution is -0.274. The Bertz CT molecular complexity index is 1390. The highest BCUT2D eigenvalue weighted by Gasteiger charge is 2.31. The molecule has 10 heteroatoms. The van der Waals surface area contributed by atoms with Crippen molar-refractivity contribution in [1.29, 1.82) is 0 Å². The summed E-state index contributed by atoms with van der Waals surface area (Å²) in [5, 5.41) is 6.81. The first-order valence-electron chi connectivity index (χ1n) is 10.6. The summed E-state index contributed by atoms with van der Waals surface area (Å²) in [5.41, 5.74) is 7.95. The van der Waals surface area contributed by atoms with Gasteiger partial charge in [-0.15, -0.1) is 13.2 Å². The number of nitrogens with one attached hydrogen (secondary N) is 2. The second kappa shape index (κ2) is 9.49. The lowest BCUT2D eigenvalue weighted by atomic mass is 10.1. The summed E-state index contributed by atoms with van der Waals surface area (Å²) in [6, 6.07) is 16.3. The molecule has 0 radical (unpaired) electrons. The van der Waals surface area contributed by atoms with Gasteiger partial charge in [-0.3, -0.25) is 0 Å². The number of hydrogen-bond donors (Lipinski definition) is 2. The number of imidazole rings is 1. The Hall–Kier alpha value is -4.34. The molecule has 0 aliphatic heterocycles. The van der Waals surface area contributed by atoms with Gasteiger partial charge >= 0.3 is 12.4 Å². The van der Waals surface area contributed by atoms with Gasteiger partial charge in [0.25, 0.3) is 0 Å². The number of alkyl halides is 3. The van der Waals surface area contributed by atoms with Crippen LogP contribution in [0.2, 0.25) is 0 Å². The third-order valence-electron chi connectivity index (χ3n) is 5.35. The molecule has 1 aromatic heterocycles. The van der Waals surface area contributed by atoms with Crippen LogP contribution < -0.4 is 15.5 Å². The van der Waals surface area contributed by atoms with E-state index >= 15 is 0 Å². The number of fused-ring (bicyclic) bond motifs is 1. The van der Waals surface area contributed by atoms with Gasteiger partial charge in [-0.2, -0.15) is 5.10 Å². The molecule has 2 N–H and O–H groups in total. The minimum atomic E-state index is -4.74. The SMILES string of the molecule is Cc1cccc(C)c1NC(=O)NN=Cc1ccc2nc(-c3ccc(OC(F)(F)F)cc3)n(C)c2c1. The fraction of sp³-hybridized carbons (Fsp3) is 0.160. The van der Waals surface area contributed by atoms with E-state index in [0.717, 1.165) is 27.9 Å². The van der Waals surface area contributed by atoms with Crippen molar-refractivity contribution in [2.75, 3.05) is 5.32 Å². The zero-order chi connectivity index (χ0) is 25.2. The van der Waals surface area contributed by atoms with E-state index in [4.69, 9.17) is 0 Å². The molecule has 0 unspecified atom stereocenters. The van der Waals surface area contributed by atoms with Crippen LogP contribution in [0, 0.1) is 13.8 Å². The number of amides is 2. The van der Waals surface area contributed by atoms with E-state index in [1.807, 2.05) is 49.7 Å². The summed E-state index contributed by atoms with van der Waals surface area (Å²) in [7, 11) is 1.81. The summed E-state index contributed by atoms with van der Waals surface area (Å²) >= 11 is 0. The predicted octanol–water partition coefficient (Wildman–Crippen LogP) is 5.91. The highest BCUT2D eigenvalue weighted by atomic mass is 19.4. The molecule has 7 nitrogen and oxygen atoms in total. The van der Waals surface area contributed by atoms with Crippen LogP contribution in [-0.2, 0) is 7.05 Å². The van der Waals surface area contributed by atoms with Gasteiger partial charge in [-0.05, 0) is 66.9 Å². The lowest BCUT2D eigenvalue weighted by Gasteiger charge is -2.10. The van der Waals surface area contributed by atoms with Gasteiger partial charge in [0.15, 0.2) is 0 Å². The molecule has 4 rings (SSSR count). The molecule has 0 spiro atoms. The fourth-order valence-electron chi connectivity index (χ4n) is 3.67. The summed E-state index contributed by atoms with van der Waals surface area (Å²) in [4.78, 5) is 16.8. The highest BCUT2D eigenvalue weighted by Crippen LogP contribution is 2.28. The molecular formula is C25H22F3N5O2. The van der Waals surface area contributed by atoms with E-state index in [-0.39, 0.29) is 5.75 Å². The van der Waals surface area contributed by atoms with E-state index in [1.54, 1.807) is 12.1 Å². The Kier molecular flexibility index (Phi) is 6.46. The van der Waals surface area contributed by atoms with Gasteiger partial charge in [0, 0.05) is 18.3 Å². The number of para-hydroxylation sites is 1. The molecule has 2 amide bonds. The van der Waals surface area contributed by atoms with Gasteiger partial charge in [0.2, 0.25) is 0 Å². The van der Waals surface area contributed by atoms with Crippen LogP contribution in [0.5, 0.6) is 5.75 Å². The summed E-state index contributed by atoms with van der Waals surface area (Å²) < 4.78 is 42.9. The first-order chi connectivity index (χ1) is 16.6. The van der Waals surface area contributed by atoms with Crippen molar-refractivity contribution in [3.8, 4) is 17.1 Å². The van der Waals surface area contributed by atoms with Crippen LogP contribution in [0.4, 0.5) is 23.7 Å². The second-order valence-corrected chi connectivity index (χ2v) is 7.91. The van der Waals surface area contributed by atoms with Crippen molar-refractivity contribution < 1.29 is 22.7 Å². The van der Waals surface area contributed by atoms with E-state index < -0.39 is 12.4 Å². The molecule has 1 heterocycles. The minimum Gasteiger partial charge on any atom is -0.406 e. The maximum Gasteiger partial charge on any atom is 0.573 e. The molecule has 35 heavy (non-hydrogen) atoms. The highest BCUT2D eigenvalue weighted by molar-refractivity contribution is 5.93. The summed E-state index contributed by atoms with van der Waals surface area (Å²) in [5.74, 6) is 0.284. The van der Waals surface area contributed by atoms with Gasteiger partial charge in [0.1, 0.15) is 11.6 Å². The predicted molar refractivity (Wildman–Crippen MR) is 128 cm³/mol.